The topological polar surface area (TPSA) is 82.0 Å². The van der Waals surface area contributed by atoms with Crippen LogP contribution in [-0.4, -0.2) is 34.8 Å². The minimum absolute atomic E-state index is 0.0151. The Morgan fingerprint density at radius 1 is 1.31 bits per heavy atom. The maximum Gasteiger partial charge on any atom is 0.238 e. The Kier molecular flexibility index (Phi) is 5.77. The highest BCUT2D eigenvalue weighted by atomic mass is 32.2. The van der Waals surface area contributed by atoms with Crippen LogP contribution in [0.4, 0.5) is 5.69 Å². The molecule has 0 aliphatic rings. The van der Waals surface area contributed by atoms with Gasteiger partial charge in [0.2, 0.25) is 5.91 Å². The van der Waals surface area contributed by atoms with Crippen LogP contribution >= 0.6 is 11.8 Å². The fraction of sp³-hybridized carbons (Fsp3) is 0.211. The number of anilines is 1. The second kappa shape index (κ2) is 8.41. The van der Waals surface area contributed by atoms with Gasteiger partial charge in [-0.1, -0.05) is 30.0 Å². The molecule has 1 heterocycles. The summed E-state index contributed by atoms with van der Waals surface area (Å²) in [6.45, 7) is 2.55. The average Bonchev–Trinajstić information content (AvgIpc) is 3.07. The second-order valence-corrected chi connectivity index (χ2v) is 6.38. The van der Waals surface area contributed by atoms with Crippen molar-refractivity contribution in [1.29, 1.82) is 5.26 Å². The highest BCUT2D eigenvalue weighted by Gasteiger charge is 2.16. The minimum Gasteiger partial charge on any atom is -0.494 e. The van der Waals surface area contributed by atoms with Crippen LogP contribution < -0.4 is 9.64 Å². The summed E-state index contributed by atoms with van der Waals surface area (Å²) < 4.78 is 5.48. The fourth-order valence-corrected chi connectivity index (χ4v) is 3.26. The molecule has 3 aromatic rings. The molecular formula is C19H18N4O2S. The molecule has 0 radical (unpaired) electrons. The van der Waals surface area contributed by atoms with E-state index in [1.807, 2.05) is 61.5 Å². The summed E-state index contributed by atoms with van der Waals surface area (Å²) in [5, 5.41) is 9.68. The SMILES string of the molecule is CCOc1ccc2nc(SCC(=O)N(CC#N)c3ccccc3)[nH]c2c1. The number of carbonyl (C=O) groups excluding carboxylic acids is 1. The predicted octanol–water partition coefficient (Wildman–Crippen LogP) is 3.61. The maximum atomic E-state index is 12.6. The number of fused-ring (bicyclic) bond motifs is 1. The Balaban J connectivity index is 1.70. The molecule has 7 heteroatoms. The molecule has 0 unspecified atom stereocenters. The lowest BCUT2D eigenvalue weighted by atomic mass is 10.3. The number of hydrogen-bond donors (Lipinski definition) is 1. The molecule has 0 saturated carbocycles. The lowest BCUT2D eigenvalue weighted by Crippen LogP contribution is -2.32. The summed E-state index contributed by atoms with van der Waals surface area (Å²) in [6.07, 6.45) is 0. The molecule has 2 aromatic carbocycles. The number of benzene rings is 2. The van der Waals surface area contributed by atoms with E-state index >= 15 is 0 Å². The van der Waals surface area contributed by atoms with Crippen molar-refractivity contribution in [1.82, 2.24) is 9.97 Å². The van der Waals surface area contributed by atoms with Crippen LogP contribution in [-0.2, 0) is 4.79 Å². The van der Waals surface area contributed by atoms with Crippen LogP contribution in [0.5, 0.6) is 5.75 Å². The van der Waals surface area contributed by atoms with Gasteiger partial charge < -0.3 is 9.72 Å². The molecule has 1 aromatic heterocycles. The Morgan fingerprint density at radius 3 is 2.85 bits per heavy atom. The van der Waals surface area contributed by atoms with Gasteiger partial charge in [0.15, 0.2) is 5.16 Å². The van der Waals surface area contributed by atoms with Crippen molar-refractivity contribution in [3.63, 3.8) is 0 Å². The van der Waals surface area contributed by atoms with Gasteiger partial charge in [-0.2, -0.15) is 5.26 Å². The van der Waals surface area contributed by atoms with Gasteiger partial charge in [0.1, 0.15) is 12.3 Å². The number of hydrogen-bond acceptors (Lipinski definition) is 5. The normalized spacial score (nSPS) is 10.5. The van der Waals surface area contributed by atoms with Crippen molar-refractivity contribution >= 4 is 34.4 Å². The number of nitrogens with zero attached hydrogens (tertiary/aromatic N) is 3. The number of aromatic amines is 1. The first-order chi connectivity index (χ1) is 12.7. The van der Waals surface area contributed by atoms with Gasteiger partial charge >= 0.3 is 0 Å². The number of aromatic nitrogens is 2. The third kappa shape index (κ3) is 4.16. The summed E-state index contributed by atoms with van der Waals surface area (Å²) >= 11 is 1.31. The highest BCUT2D eigenvalue weighted by Crippen LogP contribution is 2.24. The lowest BCUT2D eigenvalue weighted by Gasteiger charge is -2.19. The Morgan fingerprint density at radius 2 is 2.12 bits per heavy atom. The molecule has 0 aliphatic carbocycles. The van der Waals surface area contributed by atoms with Crippen LogP contribution in [0.25, 0.3) is 11.0 Å². The quantitative estimate of drug-likeness (QED) is 0.510. The number of ether oxygens (including phenoxy) is 1. The molecule has 0 atom stereocenters. The number of amides is 1. The number of nitriles is 1. The molecule has 0 fully saturated rings. The van der Waals surface area contributed by atoms with E-state index in [4.69, 9.17) is 10.00 Å². The summed E-state index contributed by atoms with van der Waals surface area (Å²) in [6, 6.07) is 16.9. The third-order valence-corrected chi connectivity index (χ3v) is 4.53. The zero-order valence-corrected chi connectivity index (χ0v) is 15.1. The van der Waals surface area contributed by atoms with E-state index in [0.29, 0.717) is 17.5 Å². The minimum atomic E-state index is -0.141. The van der Waals surface area contributed by atoms with Crippen molar-refractivity contribution < 1.29 is 9.53 Å². The maximum absolute atomic E-state index is 12.6. The first-order valence-electron chi connectivity index (χ1n) is 8.19. The fourth-order valence-electron chi connectivity index (χ4n) is 2.50. The number of thioether (sulfide) groups is 1. The van der Waals surface area contributed by atoms with Crippen molar-refractivity contribution in [2.24, 2.45) is 0 Å². The van der Waals surface area contributed by atoms with Gasteiger partial charge in [-0.25, -0.2) is 4.98 Å². The Bertz CT molecular complexity index is 934. The number of H-pyrrole nitrogens is 1. The van der Waals surface area contributed by atoms with E-state index in [1.165, 1.54) is 16.7 Å². The van der Waals surface area contributed by atoms with E-state index in [9.17, 15) is 4.79 Å². The summed E-state index contributed by atoms with van der Waals surface area (Å²) in [5.41, 5.74) is 2.40. The van der Waals surface area contributed by atoms with Crippen LogP contribution in [0.3, 0.4) is 0 Å². The van der Waals surface area contributed by atoms with Gasteiger partial charge in [0.25, 0.3) is 0 Å². The summed E-state index contributed by atoms with van der Waals surface area (Å²) in [4.78, 5) is 21.7. The van der Waals surface area contributed by atoms with E-state index in [1.54, 1.807) is 0 Å². The summed E-state index contributed by atoms with van der Waals surface area (Å²) in [5.74, 6) is 0.827. The van der Waals surface area contributed by atoms with E-state index in [-0.39, 0.29) is 18.2 Å². The van der Waals surface area contributed by atoms with Crippen LogP contribution in [0.1, 0.15) is 6.92 Å². The number of rotatable bonds is 7. The molecule has 0 spiro atoms. The molecule has 0 bridgehead atoms. The zero-order valence-electron chi connectivity index (χ0n) is 14.3. The Hall–Kier alpha value is -2.98. The average molecular weight is 366 g/mol. The summed E-state index contributed by atoms with van der Waals surface area (Å²) in [7, 11) is 0. The third-order valence-electron chi connectivity index (χ3n) is 3.67. The molecule has 0 aliphatic heterocycles. The molecule has 132 valence electrons. The van der Waals surface area contributed by atoms with Crippen LogP contribution in [0, 0.1) is 11.3 Å². The van der Waals surface area contributed by atoms with Gasteiger partial charge in [0.05, 0.1) is 29.5 Å². The number of carbonyl (C=O) groups is 1. The molecule has 1 amide bonds. The first-order valence-corrected chi connectivity index (χ1v) is 9.17. The van der Waals surface area contributed by atoms with Crippen molar-refractivity contribution in [2.45, 2.75) is 12.1 Å². The van der Waals surface area contributed by atoms with E-state index in [2.05, 4.69) is 9.97 Å². The van der Waals surface area contributed by atoms with Crippen LogP contribution in [0.2, 0.25) is 0 Å². The Labute approximate surface area is 155 Å². The largest absolute Gasteiger partial charge is 0.494 e. The number of para-hydroxylation sites is 1. The van der Waals surface area contributed by atoms with Gasteiger partial charge in [-0.15, -0.1) is 0 Å². The number of imidazole rings is 1. The standard InChI is InChI=1S/C19H18N4O2S/c1-2-25-15-8-9-16-17(12-15)22-19(21-16)26-13-18(24)23(11-10-20)14-6-4-3-5-7-14/h3-9,12H,2,11,13H2,1H3,(H,21,22). The predicted molar refractivity (Wildman–Crippen MR) is 102 cm³/mol. The lowest BCUT2D eigenvalue weighted by molar-refractivity contribution is -0.116. The van der Waals surface area contributed by atoms with E-state index in [0.717, 1.165) is 16.8 Å². The second-order valence-electron chi connectivity index (χ2n) is 5.42. The van der Waals surface area contributed by atoms with Crippen LogP contribution in [0.15, 0.2) is 53.7 Å². The van der Waals surface area contributed by atoms with Crippen molar-refractivity contribution in [3.05, 3.63) is 48.5 Å². The molecule has 1 N–H and O–H groups in total. The smallest absolute Gasteiger partial charge is 0.238 e. The van der Waals surface area contributed by atoms with Gasteiger partial charge in [-0.05, 0) is 31.2 Å². The molecule has 26 heavy (non-hydrogen) atoms. The van der Waals surface area contributed by atoms with Gasteiger partial charge in [0, 0.05) is 11.8 Å². The molecular weight excluding hydrogens is 348 g/mol. The molecule has 3 rings (SSSR count). The monoisotopic (exact) mass is 366 g/mol. The highest BCUT2D eigenvalue weighted by molar-refractivity contribution is 7.99. The van der Waals surface area contributed by atoms with E-state index < -0.39 is 0 Å². The van der Waals surface area contributed by atoms with Gasteiger partial charge in [-0.3, -0.25) is 9.69 Å². The first kappa shape index (κ1) is 17.8. The number of nitrogens with one attached hydrogen (secondary N) is 1. The van der Waals surface area contributed by atoms with Crippen molar-refractivity contribution in [3.8, 4) is 11.8 Å². The zero-order chi connectivity index (χ0) is 18.4. The molecule has 0 saturated heterocycles. The molecule has 6 nitrogen and oxygen atoms in total. The van der Waals surface area contributed by atoms with Crippen molar-refractivity contribution in [2.75, 3.05) is 23.8 Å².